The second-order valence-corrected chi connectivity index (χ2v) is 7.07. The van der Waals surface area contributed by atoms with Crippen LogP contribution in [0.4, 0.5) is 11.5 Å². The molecule has 3 rings (SSSR count). The molecule has 0 radical (unpaired) electrons. The Hall–Kier alpha value is -1.62. The van der Waals surface area contributed by atoms with Crippen LogP contribution in [0.5, 0.6) is 0 Å². The third-order valence-electron chi connectivity index (χ3n) is 4.84. The van der Waals surface area contributed by atoms with Gasteiger partial charge in [0.25, 0.3) is 0 Å². The van der Waals surface area contributed by atoms with Crippen LogP contribution in [0.15, 0.2) is 18.3 Å². The van der Waals surface area contributed by atoms with Crippen molar-refractivity contribution in [3.63, 3.8) is 0 Å². The quantitative estimate of drug-likeness (QED) is 0.900. The van der Waals surface area contributed by atoms with Crippen LogP contribution in [0.3, 0.4) is 0 Å². The largest absolute Gasteiger partial charge is 0.357 e. The Morgan fingerprint density at radius 2 is 2.09 bits per heavy atom. The number of carbonyl (C=O) groups excluding carboxylic acids is 1. The molecule has 0 aliphatic carbocycles. The number of aromatic nitrogens is 1. The first kappa shape index (κ1) is 15.3. The van der Waals surface area contributed by atoms with Gasteiger partial charge in [0.15, 0.2) is 0 Å². The van der Waals surface area contributed by atoms with Gasteiger partial charge in [0, 0.05) is 13.1 Å². The van der Waals surface area contributed by atoms with Crippen LogP contribution in [-0.2, 0) is 4.79 Å². The Bertz CT molecular complexity index is 520. The van der Waals surface area contributed by atoms with Gasteiger partial charge in [-0.25, -0.2) is 4.98 Å². The molecule has 22 heavy (non-hydrogen) atoms. The third-order valence-corrected chi connectivity index (χ3v) is 4.84. The molecule has 1 unspecified atom stereocenters. The van der Waals surface area contributed by atoms with Crippen LogP contribution >= 0.6 is 0 Å². The Balaban J connectivity index is 1.63. The second kappa shape index (κ2) is 6.24. The summed E-state index contributed by atoms with van der Waals surface area (Å²) in [4.78, 5) is 19.3. The molecule has 2 N–H and O–H groups in total. The van der Waals surface area contributed by atoms with Crippen LogP contribution in [-0.4, -0.2) is 36.6 Å². The van der Waals surface area contributed by atoms with Crippen molar-refractivity contribution in [2.24, 2.45) is 5.41 Å². The molecule has 120 valence electrons. The molecule has 3 heterocycles. The van der Waals surface area contributed by atoms with Crippen molar-refractivity contribution >= 4 is 17.4 Å². The zero-order chi connectivity index (χ0) is 15.6. The second-order valence-electron chi connectivity index (χ2n) is 7.07. The first-order chi connectivity index (χ1) is 10.6. The van der Waals surface area contributed by atoms with E-state index < -0.39 is 0 Å². The van der Waals surface area contributed by atoms with Crippen LogP contribution in [0.1, 0.15) is 39.5 Å². The minimum absolute atomic E-state index is 0.00868. The molecule has 5 nitrogen and oxygen atoms in total. The van der Waals surface area contributed by atoms with Gasteiger partial charge in [-0.1, -0.05) is 13.8 Å². The molecule has 1 amide bonds. The van der Waals surface area contributed by atoms with E-state index in [0.29, 0.717) is 0 Å². The summed E-state index contributed by atoms with van der Waals surface area (Å²) in [5, 5.41) is 6.35. The van der Waals surface area contributed by atoms with Gasteiger partial charge in [-0.3, -0.25) is 4.79 Å². The third kappa shape index (κ3) is 3.24. The molecule has 2 saturated heterocycles. The number of rotatable bonds is 3. The number of anilines is 2. The zero-order valence-corrected chi connectivity index (χ0v) is 13.6. The fraction of sp³-hybridized carbons (Fsp3) is 0.647. The topological polar surface area (TPSA) is 57.3 Å². The van der Waals surface area contributed by atoms with E-state index in [-0.39, 0.29) is 17.4 Å². The molecule has 0 aromatic carbocycles. The van der Waals surface area contributed by atoms with Crippen molar-refractivity contribution in [2.45, 2.75) is 45.6 Å². The molecule has 2 aliphatic rings. The van der Waals surface area contributed by atoms with Gasteiger partial charge in [-0.2, -0.15) is 0 Å². The van der Waals surface area contributed by atoms with Crippen LogP contribution in [0, 0.1) is 5.41 Å². The molecule has 0 spiro atoms. The summed E-state index contributed by atoms with van der Waals surface area (Å²) in [6.07, 6.45) is 6.44. The lowest BCUT2D eigenvalue weighted by atomic mass is 9.77. The van der Waals surface area contributed by atoms with Gasteiger partial charge < -0.3 is 15.5 Å². The van der Waals surface area contributed by atoms with Gasteiger partial charge in [0.2, 0.25) is 5.91 Å². The standard InChI is InChI=1S/C17H26N4O/c1-17(2)8-5-9-18-15(17)16(22)20-13-6-7-14(19-12-13)21-10-3-4-11-21/h6-7,12,15,18H,3-5,8-11H2,1-2H3,(H,20,22). The molecule has 5 heteroatoms. The maximum atomic E-state index is 12.5. The summed E-state index contributed by atoms with van der Waals surface area (Å²) in [5.74, 6) is 1.05. The summed E-state index contributed by atoms with van der Waals surface area (Å²) in [5.41, 5.74) is 0.766. The highest BCUT2D eigenvalue weighted by atomic mass is 16.2. The van der Waals surface area contributed by atoms with Crippen molar-refractivity contribution in [1.82, 2.24) is 10.3 Å². The minimum atomic E-state index is -0.139. The molecular weight excluding hydrogens is 276 g/mol. The van der Waals surface area contributed by atoms with E-state index >= 15 is 0 Å². The van der Waals surface area contributed by atoms with E-state index in [9.17, 15) is 4.79 Å². The van der Waals surface area contributed by atoms with E-state index in [0.717, 1.165) is 44.0 Å². The van der Waals surface area contributed by atoms with E-state index in [2.05, 4.69) is 34.4 Å². The van der Waals surface area contributed by atoms with E-state index in [4.69, 9.17) is 0 Å². The lowest BCUT2D eigenvalue weighted by Crippen LogP contribution is -2.53. The summed E-state index contributed by atoms with van der Waals surface area (Å²) < 4.78 is 0. The number of nitrogens with one attached hydrogen (secondary N) is 2. The van der Waals surface area contributed by atoms with Crippen molar-refractivity contribution in [3.05, 3.63) is 18.3 Å². The van der Waals surface area contributed by atoms with Crippen LogP contribution < -0.4 is 15.5 Å². The average molecular weight is 302 g/mol. The molecule has 2 fully saturated rings. The minimum Gasteiger partial charge on any atom is -0.357 e. The predicted molar refractivity (Wildman–Crippen MR) is 89.1 cm³/mol. The van der Waals surface area contributed by atoms with E-state index in [1.165, 1.54) is 12.8 Å². The molecule has 1 aromatic heterocycles. The SMILES string of the molecule is CC1(C)CCCNC1C(=O)Nc1ccc(N2CCCC2)nc1. The average Bonchev–Trinajstić information content (AvgIpc) is 3.01. The molecule has 2 aliphatic heterocycles. The first-order valence-electron chi connectivity index (χ1n) is 8.31. The molecule has 1 aromatic rings. The fourth-order valence-corrected chi connectivity index (χ4v) is 3.47. The van der Waals surface area contributed by atoms with Crippen LogP contribution in [0.2, 0.25) is 0 Å². The molecule has 1 atom stereocenters. The molecular formula is C17H26N4O. The van der Waals surface area contributed by atoms with Crippen molar-refractivity contribution in [2.75, 3.05) is 29.9 Å². The monoisotopic (exact) mass is 302 g/mol. The molecule has 0 saturated carbocycles. The van der Waals surface area contributed by atoms with Gasteiger partial charge in [-0.05, 0) is 49.8 Å². The number of pyridine rings is 1. The predicted octanol–water partition coefficient (Wildman–Crippen LogP) is 2.40. The normalized spacial score (nSPS) is 24.3. The highest BCUT2D eigenvalue weighted by Crippen LogP contribution is 2.30. The van der Waals surface area contributed by atoms with E-state index in [1.54, 1.807) is 6.20 Å². The van der Waals surface area contributed by atoms with Crippen molar-refractivity contribution in [1.29, 1.82) is 0 Å². The van der Waals surface area contributed by atoms with Gasteiger partial charge in [-0.15, -0.1) is 0 Å². The van der Waals surface area contributed by atoms with Crippen LogP contribution in [0.25, 0.3) is 0 Å². The number of hydrogen-bond acceptors (Lipinski definition) is 4. The lowest BCUT2D eigenvalue weighted by Gasteiger charge is -2.38. The smallest absolute Gasteiger partial charge is 0.242 e. The number of amides is 1. The summed E-state index contributed by atoms with van der Waals surface area (Å²) in [7, 11) is 0. The number of carbonyl (C=O) groups is 1. The highest BCUT2D eigenvalue weighted by Gasteiger charge is 2.37. The Kier molecular flexibility index (Phi) is 4.34. The van der Waals surface area contributed by atoms with Crippen molar-refractivity contribution < 1.29 is 4.79 Å². The maximum absolute atomic E-state index is 12.5. The van der Waals surface area contributed by atoms with Gasteiger partial charge in [0.1, 0.15) is 5.82 Å². The lowest BCUT2D eigenvalue weighted by molar-refractivity contribution is -0.121. The number of hydrogen-bond donors (Lipinski definition) is 2. The summed E-state index contributed by atoms with van der Waals surface area (Å²) in [6, 6.07) is 3.81. The summed E-state index contributed by atoms with van der Waals surface area (Å²) in [6.45, 7) is 7.38. The Morgan fingerprint density at radius 1 is 1.32 bits per heavy atom. The molecule has 0 bridgehead atoms. The van der Waals surface area contributed by atoms with Gasteiger partial charge in [0.05, 0.1) is 17.9 Å². The number of nitrogens with zero attached hydrogens (tertiary/aromatic N) is 2. The van der Waals surface area contributed by atoms with Crippen molar-refractivity contribution in [3.8, 4) is 0 Å². The highest BCUT2D eigenvalue weighted by molar-refractivity contribution is 5.95. The Morgan fingerprint density at radius 3 is 2.73 bits per heavy atom. The Labute approximate surface area is 132 Å². The number of piperidine rings is 1. The maximum Gasteiger partial charge on any atom is 0.242 e. The first-order valence-corrected chi connectivity index (χ1v) is 8.31. The van der Waals surface area contributed by atoms with Gasteiger partial charge >= 0.3 is 0 Å². The zero-order valence-electron chi connectivity index (χ0n) is 13.6. The van der Waals surface area contributed by atoms with E-state index in [1.807, 2.05) is 12.1 Å². The fourth-order valence-electron chi connectivity index (χ4n) is 3.47. The summed E-state index contributed by atoms with van der Waals surface area (Å²) >= 11 is 0.